The Balaban J connectivity index is 1.53. The van der Waals surface area contributed by atoms with Crippen LogP contribution in [0.5, 0.6) is 5.75 Å². The van der Waals surface area contributed by atoms with E-state index in [1.807, 2.05) is 12.1 Å². The topological polar surface area (TPSA) is 143 Å². The van der Waals surface area contributed by atoms with Crippen LogP contribution in [0.15, 0.2) is 61.2 Å². The summed E-state index contributed by atoms with van der Waals surface area (Å²) < 4.78 is 11.3. The standard InChI is InChI=1S/C33H38ClN7O5/c1-32(2,3)46-31(44)39-33(30(43)41(16-5-19-42)24-8-6-23(34)7-9-24)12-17-40(18-13-33)29-27-25(20-36-21-26(27)45-4)37-28(38-29)22-10-14-35-15-11-22/h6-11,14-15,20-21,42H,5,12-13,16-19H2,1-4H3,(H,39,44). The van der Waals surface area contributed by atoms with Gasteiger partial charge in [-0.3, -0.25) is 14.8 Å². The van der Waals surface area contributed by atoms with E-state index in [0.717, 1.165) is 5.56 Å². The molecule has 1 fully saturated rings. The lowest BCUT2D eigenvalue weighted by Gasteiger charge is -2.44. The van der Waals surface area contributed by atoms with E-state index in [4.69, 9.17) is 31.0 Å². The van der Waals surface area contributed by atoms with Crippen molar-refractivity contribution in [3.63, 3.8) is 0 Å². The number of pyridine rings is 2. The number of fused-ring (bicyclic) bond motifs is 1. The number of carbonyl (C=O) groups excluding carboxylic acids is 2. The molecule has 1 aliphatic heterocycles. The second kappa shape index (κ2) is 13.8. The van der Waals surface area contributed by atoms with Crippen molar-refractivity contribution in [3.05, 3.63) is 66.2 Å². The van der Waals surface area contributed by atoms with E-state index in [-0.39, 0.29) is 31.9 Å². The summed E-state index contributed by atoms with van der Waals surface area (Å²) in [6.07, 6.45) is 6.80. The summed E-state index contributed by atoms with van der Waals surface area (Å²) in [4.78, 5) is 49.6. The number of halogens is 1. The molecular weight excluding hydrogens is 610 g/mol. The maximum absolute atomic E-state index is 14.6. The number of rotatable bonds is 9. The van der Waals surface area contributed by atoms with E-state index < -0.39 is 17.2 Å². The molecule has 1 saturated heterocycles. The number of amides is 2. The molecule has 1 aromatic carbocycles. The molecule has 0 saturated carbocycles. The quantitative estimate of drug-likeness (QED) is 0.254. The lowest BCUT2D eigenvalue weighted by molar-refractivity contribution is -0.126. The van der Waals surface area contributed by atoms with Gasteiger partial charge in [0.2, 0.25) is 0 Å². The highest BCUT2D eigenvalue weighted by atomic mass is 35.5. The van der Waals surface area contributed by atoms with Crippen LogP contribution in [-0.4, -0.2) is 81.5 Å². The van der Waals surface area contributed by atoms with Gasteiger partial charge in [0.25, 0.3) is 5.91 Å². The average Bonchev–Trinajstić information content (AvgIpc) is 3.04. The predicted molar refractivity (Wildman–Crippen MR) is 176 cm³/mol. The third kappa shape index (κ3) is 7.29. The molecule has 12 nitrogen and oxygen atoms in total. The van der Waals surface area contributed by atoms with Crippen molar-refractivity contribution in [3.8, 4) is 17.1 Å². The second-order valence-electron chi connectivity index (χ2n) is 12.0. The smallest absolute Gasteiger partial charge is 0.408 e. The molecule has 0 atom stereocenters. The van der Waals surface area contributed by atoms with Crippen LogP contribution < -0.4 is 19.9 Å². The van der Waals surface area contributed by atoms with Gasteiger partial charge < -0.3 is 29.7 Å². The Morgan fingerprint density at radius 1 is 1.04 bits per heavy atom. The molecule has 4 aromatic rings. The normalized spacial score (nSPS) is 14.5. The molecule has 3 aromatic heterocycles. The molecule has 0 spiro atoms. The zero-order valence-corrected chi connectivity index (χ0v) is 27.1. The number of hydrogen-bond donors (Lipinski definition) is 2. The molecule has 46 heavy (non-hydrogen) atoms. The van der Waals surface area contributed by atoms with Gasteiger partial charge in [-0.15, -0.1) is 0 Å². The van der Waals surface area contributed by atoms with Crippen molar-refractivity contribution in [2.24, 2.45) is 0 Å². The van der Waals surface area contributed by atoms with Gasteiger partial charge in [0.15, 0.2) is 5.82 Å². The molecule has 2 amide bonds. The van der Waals surface area contributed by atoms with Gasteiger partial charge in [0.1, 0.15) is 22.7 Å². The van der Waals surface area contributed by atoms with Gasteiger partial charge in [-0.1, -0.05) is 11.6 Å². The van der Waals surface area contributed by atoms with Gasteiger partial charge in [-0.05, 0) is 76.4 Å². The summed E-state index contributed by atoms with van der Waals surface area (Å²) in [6.45, 7) is 6.19. The summed E-state index contributed by atoms with van der Waals surface area (Å²) >= 11 is 6.15. The van der Waals surface area contributed by atoms with Crippen LogP contribution in [0.1, 0.15) is 40.0 Å². The van der Waals surface area contributed by atoms with Crippen LogP contribution in [0.2, 0.25) is 5.02 Å². The summed E-state index contributed by atoms with van der Waals surface area (Å²) in [5.41, 5.74) is -0.0755. The monoisotopic (exact) mass is 647 g/mol. The summed E-state index contributed by atoms with van der Waals surface area (Å²) in [6, 6.07) is 10.6. The summed E-state index contributed by atoms with van der Waals surface area (Å²) in [5, 5.41) is 13.8. The number of nitrogens with one attached hydrogen (secondary N) is 1. The van der Waals surface area contributed by atoms with Gasteiger partial charge in [-0.2, -0.15) is 0 Å². The Morgan fingerprint density at radius 2 is 1.74 bits per heavy atom. The van der Waals surface area contributed by atoms with Crippen molar-refractivity contribution in [1.82, 2.24) is 25.3 Å². The van der Waals surface area contributed by atoms with Gasteiger partial charge in [0, 0.05) is 54.9 Å². The van der Waals surface area contributed by atoms with Crippen LogP contribution in [0.3, 0.4) is 0 Å². The fourth-order valence-electron chi connectivity index (χ4n) is 5.50. The molecule has 4 heterocycles. The Kier molecular flexibility index (Phi) is 9.88. The minimum absolute atomic E-state index is 0.102. The van der Waals surface area contributed by atoms with Crippen LogP contribution in [0.4, 0.5) is 16.3 Å². The first-order chi connectivity index (χ1) is 22.0. The number of aromatic nitrogens is 4. The fourth-order valence-corrected chi connectivity index (χ4v) is 5.62. The Bertz CT molecular complexity index is 1670. The molecule has 242 valence electrons. The first-order valence-corrected chi connectivity index (χ1v) is 15.5. The first-order valence-electron chi connectivity index (χ1n) is 15.1. The minimum atomic E-state index is -1.31. The second-order valence-corrected chi connectivity index (χ2v) is 12.5. The highest BCUT2D eigenvalue weighted by molar-refractivity contribution is 6.30. The lowest BCUT2D eigenvalue weighted by atomic mass is 9.85. The predicted octanol–water partition coefficient (Wildman–Crippen LogP) is 5.03. The number of aliphatic hydroxyl groups is 1. The average molecular weight is 648 g/mol. The Morgan fingerprint density at radius 3 is 2.37 bits per heavy atom. The lowest BCUT2D eigenvalue weighted by Crippen LogP contribution is -2.64. The maximum atomic E-state index is 14.6. The van der Waals surface area contributed by atoms with E-state index in [2.05, 4.69) is 20.2 Å². The Hall–Kier alpha value is -4.55. The van der Waals surface area contributed by atoms with Gasteiger partial charge in [-0.25, -0.2) is 14.8 Å². The maximum Gasteiger partial charge on any atom is 0.408 e. The van der Waals surface area contributed by atoms with E-state index in [0.29, 0.717) is 58.5 Å². The number of alkyl carbamates (subject to hydrolysis) is 1. The summed E-state index contributed by atoms with van der Waals surface area (Å²) in [7, 11) is 1.57. The largest absolute Gasteiger partial charge is 0.494 e. The van der Waals surface area contributed by atoms with Crippen LogP contribution in [0, 0.1) is 0 Å². The zero-order valence-electron chi connectivity index (χ0n) is 26.4. The molecule has 13 heteroatoms. The van der Waals surface area contributed by atoms with E-state index in [1.165, 1.54) is 0 Å². The molecule has 0 unspecified atom stereocenters. The third-order valence-electron chi connectivity index (χ3n) is 7.70. The molecule has 0 aliphatic carbocycles. The molecule has 1 aliphatic rings. The van der Waals surface area contributed by atoms with Gasteiger partial charge >= 0.3 is 6.09 Å². The fraction of sp³-hybridized carbons (Fsp3) is 0.394. The van der Waals surface area contributed by atoms with Crippen molar-refractivity contribution < 1.29 is 24.2 Å². The minimum Gasteiger partial charge on any atom is -0.494 e. The van der Waals surface area contributed by atoms with Crippen molar-refractivity contribution >= 4 is 46.0 Å². The number of hydrogen-bond acceptors (Lipinski definition) is 10. The van der Waals surface area contributed by atoms with Crippen LogP contribution in [-0.2, 0) is 9.53 Å². The number of anilines is 2. The molecule has 0 bridgehead atoms. The number of aliphatic hydroxyl groups excluding tert-OH is 1. The van der Waals surface area contributed by atoms with E-state index in [1.54, 1.807) is 81.8 Å². The molecule has 2 N–H and O–H groups in total. The van der Waals surface area contributed by atoms with Crippen molar-refractivity contribution in [2.45, 2.75) is 51.2 Å². The van der Waals surface area contributed by atoms with Crippen molar-refractivity contribution in [1.29, 1.82) is 0 Å². The number of nitrogens with zero attached hydrogens (tertiary/aromatic N) is 6. The third-order valence-corrected chi connectivity index (χ3v) is 7.95. The number of piperidine rings is 1. The number of ether oxygens (including phenoxy) is 2. The summed E-state index contributed by atoms with van der Waals surface area (Å²) in [5.74, 6) is 1.34. The highest BCUT2D eigenvalue weighted by Crippen LogP contribution is 2.37. The highest BCUT2D eigenvalue weighted by Gasteiger charge is 2.46. The van der Waals surface area contributed by atoms with Crippen LogP contribution in [0.25, 0.3) is 22.3 Å². The number of methoxy groups -OCH3 is 1. The van der Waals surface area contributed by atoms with Crippen molar-refractivity contribution in [2.75, 3.05) is 43.2 Å². The zero-order chi connectivity index (χ0) is 32.9. The molecule has 0 radical (unpaired) electrons. The van der Waals surface area contributed by atoms with Gasteiger partial charge in [0.05, 0.1) is 30.4 Å². The first kappa shape index (κ1) is 32.8. The Labute approximate surface area is 272 Å². The SMILES string of the molecule is COc1cncc2nc(-c3ccncc3)nc(N3CCC(NC(=O)OC(C)(C)C)(C(=O)N(CCCO)c4ccc(Cl)cc4)CC3)c12. The molecular formula is C33H38ClN7O5. The van der Waals surface area contributed by atoms with E-state index in [9.17, 15) is 14.7 Å². The van der Waals surface area contributed by atoms with E-state index >= 15 is 0 Å². The van der Waals surface area contributed by atoms with Crippen LogP contribution >= 0.6 is 11.6 Å². The number of carbonyl (C=O) groups is 2. The molecule has 5 rings (SSSR count). The number of benzene rings is 1.